The molecule has 5 rings (SSSR count). The lowest BCUT2D eigenvalue weighted by Crippen LogP contribution is -2.08. The summed E-state index contributed by atoms with van der Waals surface area (Å²) in [5.74, 6) is -0.0715. The summed E-state index contributed by atoms with van der Waals surface area (Å²) in [6, 6.07) is 18.4. The van der Waals surface area contributed by atoms with E-state index < -0.39 is 11.6 Å². The maximum atomic E-state index is 12.8. The van der Waals surface area contributed by atoms with Gasteiger partial charge in [-0.1, -0.05) is 29.0 Å². The third-order valence-electron chi connectivity index (χ3n) is 5.11. The zero-order chi connectivity index (χ0) is 22.2. The molecule has 8 heteroatoms. The molecule has 32 heavy (non-hydrogen) atoms. The first-order chi connectivity index (χ1) is 15.5. The lowest BCUT2D eigenvalue weighted by molar-refractivity contribution is 0.0730. The fraction of sp³-hybridized carbons (Fsp3) is 0. The summed E-state index contributed by atoms with van der Waals surface area (Å²) in [4.78, 5) is 29.1. The minimum atomic E-state index is -0.612. The van der Waals surface area contributed by atoms with Gasteiger partial charge in [-0.15, -0.1) is 11.7 Å². The number of carbonyl (C=O) groups is 1. The number of carbonyl (C=O) groups excluding carboxylic acids is 1. The van der Waals surface area contributed by atoms with Crippen molar-refractivity contribution in [2.45, 2.75) is 4.90 Å². The maximum absolute atomic E-state index is 12.8. The van der Waals surface area contributed by atoms with Crippen molar-refractivity contribution in [3.8, 4) is 33.9 Å². The molecule has 0 bridgehead atoms. The molecule has 0 unspecified atom stereocenters. The molecule has 3 aromatic rings. The van der Waals surface area contributed by atoms with E-state index in [0.717, 1.165) is 27.3 Å². The Kier molecular flexibility index (Phi) is 5.16. The number of fused-ring (bicyclic) bond motifs is 2. The van der Waals surface area contributed by atoms with Crippen LogP contribution in [0.15, 0.2) is 87.0 Å². The second-order valence-electron chi connectivity index (χ2n) is 7.02. The molecule has 2 N–H and O–H groups in total. The van der Waals surface area contributed by atoms with Gasteiger partial charge in [-0.3, -0.25) is 0 Å². The van der Waals surface area contributed by atoms with Crippen LogP contribution in [0.5, 0.6) is 11.5 Å². The van der Waals surface area contributed by atoms with Crippen LogP contribution in [0.2, 0.25) is 0 Å². The van der Waals surface area contributed by atoms with Gasteiger partial charge in [0.25, 0.3) is 0 Å². The number of hydrogen-bond acceptors (Lipinski definition) is 7. The van der Waals surface area contributed by atoms with E-state index in [9.17, 15) is 14.7 Å². The number of para-hydroxylation sites is 1. The van der Waals surface area contributed by atoms with E-state index in [-0.39, 0.29) is 22.8 Å². The number of aromatic hydroxyl groups is 1. The highest BCUT2D eigenvalue weighted by molar-refractivity contribution is 8.68. The number of rotatable bonds is 4. The Morgan fingerprint density at radius 2 is 1.81 bits per heavy atom. The summed E-state index contributed by atoms with van der Waals surface area (Å²) >= 11 is 4.27. The number of aromatic amines is 1. The van der Waals surface area contributed by atoms with Crippen molar-refractivity contribution < 1.29 is 19.1 Å². The van der Waals surface area contributed by atoms with Crippen molar-refractivity contribution in [1.82, 2.24) is 4.98 Å². The smallest absolute Gasteiger partial charge is 0.344 e. The number of H-pyrrole nitrogens is 1. The van der Waals surface area contributed by atoms with Crippen LogP contribution in [0.1, 0.15) is 10.4 Å². The molecule has 2 aromatic carbocycles. The molecule has 0 radical (unpaired) electrons. The van der Waals surface area contributed by atoms with Gasteiger partial charge in [-0.05, 0) is 42.5 Å². The van der Waals surface area contributed by atoms with Crippen LogP contribution < -0.4 is 10.4 Å². The second-order valence-corrected chi connectivity index (χ2v) is 8.19. The van der Waals surface area contributed by atoms with E-state index in [2.05, 4.69) is 16.6 Å². The number of benzene rings is 2. The summed E-state index contributed by atoms with van der Waals surface area (Å²) in [5, 5.41) is 10.3. The van der Waals surface area contributed by atoms with Gasteiger partial charge in [0.2, 0.25) is 0 Å². The standard InChI is InChI=1S/C24H15NO5S2/c26-14-7-5-13(6-8-14)23(27)30-20-11-19-16(9-10-21(20)32-31)22(24(28)29-19)17-12-25-18-4-2-1-3-15(17)18/h1-12,25-26,31H. The Hall–Kier alpha value is -3.62. The Bertz CT molecular complexity index is 1490. The van der Waals surface area contributed by atoms with Crippen LogP contribution in [0.4, 0.5) is 0 Å². The largest absolute Gasteiger partial charge is 0.508 e. The minimum Gasteiger partial charge on any atom is -0.508 e. The number of thiol groups is 1. The molecule has 1 aromatic heterocycles. The fourth-order valence-corrected chi connectivity index (χ4v) is 4.36. The SMILES string of the molecule is O=C(Oc1cc2oc(=O)c(-c3c[nH]c4ccccc34)c-2ccc1SS)c1ccc(O)cc1. The highest BCUT2D eigenvalue weighted by atomic mass is 33.1. The van der Waals surface area contributed by atoms with E-state index >= 15 is 0 Å². The molecule has 0 atom stereocenters. The topological polar surface area (TPSA) is 92.5 Å². The molecule has 2 heterocycles. The zero-order valence-corrected chi connectivity index (χ0v) is 18.1. The molecule has 0 saturated carbocycles. The van der Waals surface area contributed by atoms with E-state index in [4.69, 9.17) is 9.15 Å². The fourth-order valence-electron chi connectivity index (χ4n) is 3.59. The molecular weight excluding hydrogens is 446 g/mol. The van der Waals surface area contributed by atoms with E-state index in [1.54, 1.807) is 18.3 Å². The van der Waals surface area contributed by atoms with Crippen LogP contribution in [0.3, 0.4) is 0 Å². The Morgan fingerprint density at radius 3 is 2.59 bits per heavy atom. The van der Waals surface area contributed by atoms with E-state index in [1.165, 1.54) is 30.3 Å². The average Bonchev–Trinajstić information content (AvgIpc) is 3.29. The van der Waals surface area contributed by atoms with Crippen LogP contribution >= 0.6 is 22.5 Å². The van der Waals surface area contributed by atoms with Crippen molar-refractivity contribution in [2.24, 2.45) is 0 Å². The zero-order valence-electron chi connectivity index (χ0n) is 16.4. The number of nitrogens with one attached hydrogen (secondary N) is 1. The number of phenolic OH excluding ortho intramolecular Hbond substituents is 1. The number of phenols is 1. The lowest BCUT2D eigenvalue weighted by Gasteiger charge is -2.06. The van der Waals surface area contributed by atoms with Crippen molar-refractivity contribution in [1.29, 1.82) is 0 Å². The Morgan fingerprint density at radius 1 is 1.03 bits per heavy atom. The predicted molar refractivity (Wildman–Crippen MR) is 127 cm³/mol. The molecule has 6 nitrogen and oxygen atoms in total. The summed E-state index contributed by atoms with van der Waals surface area (Å²) < 4.78 is 11.1. The summed E-state index contributed by atoms with van der Waals surface area (Å²) in [7, 11) is 1.10. The molecule has 1 aliphatic heterocycles. The van der Waals surface area contributed by atoms with Gasteiger partial charge in [-0.25, -0.2) is 9.59 Å². The third-order valence-corrected chi connectivity index (χ3v) is 6.23. The van der Waals surface area contributed by atoms with Crippen LogP contribution in [-0.2, 0) is 0 Å². The third kappa shape index (κ3) is 3.53. The van der Waals surface area contributed by atoms with Crippen molar-refractivity contribution in [3.05, 3.63) is 88.9 Å². The number of furan rings is 1. The maximum Gasteiger partial charge on any atom is 0.344 e. The highest BCUT2D eigenvalue weighted by Gasteiger charge is 2.23. The van der Waals surface area contributed by atoms with Gasteiger partial charge in [0.1, 0.15) is 17.3 Å². The quantitative estimate of drug-likeness (QED) is 0.179. The minimum absolute atomic E-state index is 0.0457. The monoisotopic (exact) mass is 461 g/mol. The number of ether oxygens (including phenoxy) is 1. The van der Waals surface area contributed by atoms with E-state index in [1.807, 2.05) is 24.3 Å². The average molecular weight is 462 g/mol. The van der Waals surface area contributed by atoms with Gasteiger partial charge >= 0.3 is 11.6 Å². The van der Waals surface area contributed by atoms with Gasteiger partial charge in [0.05, 0.1) is 16.0 Å². The summed E-state index contributed by atoms with van der Waals surface area (Å²) in [5.41, 5.74) is 2.45. The molecule has 0 saturated heterocycles. The molecule has 0 spiro atoms. The van der Waals surface area contributed by atoms with Crippen LogP contribution in [0, 0.1) is 0 Å². The molecule has 2 aliphatic rings. The normalized spacial score (nSPS) is 11.2. The van der Waals surface area contributed by atoms with Crippen molar-refractivity contribution in [3.63, 3.8) is 0 Å². The molecule has 158 valence electrons. The van der Waals surface area contributed by atoms with Crippen LogP contribution in [-0.4, -0.2) is 16.1 Å². The Balaban J connectivity index is 1.60. The molecule has 0 fully saturated rings. The molecule has 1 aliphatic carbocycles. The van der Waals surface area contributed by atoms with Gasteiger partial charge in [-0.2, -0.15) is 0 Å². The van der Waals surface area contributed by atoms with Gasteiger partial charge in [0, 0.05) is 34.3 Å². The summed E-state index contributed by atoms with van der Waals surface area (Å²) in [6.07, 6.45) is 1.78. The van der Waals surface area contributed by atoms with Crippen molar-refractivity contribution >= 4 is 39.3 Å². The molecule has 0 amide bonds. The predicted octanol–water partition coefficient (Wildman–Crippen LogP) is 5.75. The van der Waals surface area contributed by atoms with Crippen molar-refractivity contribution in [2.75, 3.05) is 0 Å². The number of aromatic nitrogens is 1. The first kappa shape index (κ1) is 20.3. The molecular formula is C24H15NO5S2. The second kappa shape index (κ2) is 8.14. The first-order valence-corrected chi connectivity index (χ1v) is 11.4. The summed E-state index contributed by atoms with van der Waals surface area (Å²) in [6.45, 7) is 0. The number of esters is 1. The highest BCUT2D eigenvalue weighted by Crippen LogP contribution is 2.40. The van der Waals surface area contributed by atoms with Gasteiger partial charge < -0.3 is 19.2 Å². The first-order valence-electron chi connectivity index (χ1n) is 9.55. The van der Waals surface area contributed by atoms with Crippen LogP contribution in [0.25, 0.3) is 33.4 Å². The van der Waals surface area contributed by atoms with E-state index in [0.29, 0.717) is 16.0 Å². The number of hydrogen-bond donors (Lipinski definition) is 3. The lowest BCUT2D eigenvalue weighted by atomic mass is 10.0. The van der Waals surface area contributed by atoms with Gasteiger partial charge in [0.15, 0.2) is 0 Å². The Labute approximate surface area is 191 Å².